The van der Waals surface area contributed by atoms with Crippen LogP contribution >= 0.6 is 0 Å². The van der Waals surface area contributed by atoms with Crippen LogP contribution in [0.1, 0.15) is 17.3 Å². The first kappa shape index (κ1) is 19.7. The van der Waals surface area contributed by atoms with Gasteiger partial charge in [-0.05, 0) is 43.3 Å². The molecule has 6 nitrogen and oxygen atoms in total. The Kier molecular flexibility index (Phi) is 6.91. The lowest BCUT2D eigenvalue weighted by Gasteiger charge is -2.20. The summed E-state index contributed by atoms with van der Waals surface area (Å²) in [5, 5.41) is 2.76. The Labute approximate surface area is 155 Å². The van der Waals surface area contributed by atoms with E-state index in [1.165, 1.54) is 4.90 Å². The highest BCUT2D eigenvalue weighted by atomic mass is 32.2. The van der Waals surface area contributed by atoms with Gasteiger partial charge in [-0.1, -0.05) is 6.07 Å². The normalized spacial score (nSPS) is 11.5. The van der Waals surface area contributed by atoms with E-state index in [1.807, 2.05) is 6.92 Å². The number of anilines is 1. The van der Waals surface area contributed by atoms with Gasteiger partial charge in [0.15, 0.2) is 0 Å². The number of ether oxygens (including phenoxy) is 1. The van der Waals surface area contributed by atoms with Gasteiger partial charge in [-0.15, -0.1) is 0 Å². The zero-order valence-corrected chi connectivity index (χ0v) is 15.8. The topological polar surface area (TPSA) is 75.7 Å². The fraction of sp³-hybridized carbons (Fsp3) is 0.263. The third-order valence-electron chi connectivity index (χ3n) is 3.79. The minimum absolute atomic E-state index is 0.0615. The molecule has 0 aliphatic carbocycles. The summed E-state index contributed by atoms with van der Waals surface area (Å²) in [6.45, 7) is 2.14. The smallest absolute Gasteiger partial charge is 0.254 e. The molecule has 138 valence electrons. The summed E-state index contributed by atoms with van der Waals surface area (Å²) in [7, 11) is 0.457. The van der Waals surface area contributed by atoms with Gasteiger partial charge in [0.05, 0.1) is 7.11 Å². The second-order valence-corrected chi connectivity index (χ2v) is 6.96. The number of hydrogen-bond donors (Lipinski definition) is 1. The quantitative estimate of drug-likeness (QED) is 0.808. The summed E-state index contributed by atoms with van der Waals surface area (Å²) in [5.74, 6) is 0.0982. The summed E-state index contributed by atoms with van der Waals surface area (Å²) >= 11 is 0. The molecule has 7 heteroatoms. The van der Waals surface area contributed by atoms with E-state index < -0.39 is 10.8 Å². The minimum atomic E-state index is -1.10. The molecule has 0 bridgehead atoms. The van der Waals surface area contributed by atoms with Crippen LogP contribution in [-0.2, 0) is 15.6 Å². The van der Waals surface area contributed by atoms with Crippen LogP contribution < -0.4 is 10.1 Å². The highest BCUT2D eigenvalue weighted by Crippen LogP contribution is 2.17. The average molecular weight is 374 g/mol. The predicted octanol–water partition coefficient (Wildman–Crippen LogP) is 2.53. The van der Waals surface area contributed by atoms with Crippen molar-refractivity contribution >= 4 is 28.3 Å². The Bertz CT molecular complexity index is 805. The number of amides is 2. The number of nitrogens with zero attached hydrogens (tertiary/aromatic N) is 1. The van der Waals surface area contributed by atoms with Crippen LogP contribution in [0.4, 0.5) is 5.69 Å². The maximum absolute atomic E-state index is 12.6. The maximum atomic E-state index is 12.6. The minimum Gasteiger partial charge on any atom is -0.497 e. The lowest BCUT2D eigenvalue weighted by atomic mass is 10.2. The molecule has 26 heavy (non-hydrogen) atoms. The molecular weight excluding hydrogens is 352 g/mol. The van der Waals surface area contributed by atoms with Gasteiger partial charge >= 0.3 is 0 Å². The largest absolute Gasteiger partial charge is 0.497 e. The zero-order chi connectivity index (χ0) is 19.1. The SMILES string of the molecule is CCN(CC(=O)Nc1cccc(OC)c1)C(=O)c1ccc(S(C)=O)cc1. The summed E-state index contributed by atoms with van der Waals surface area (Å²) in [6.07, 6.45) is 1.58. The lowest BCUT2D eigenvalue weighted by molar-refractivity contribution is -0.116. The monoisotopic (exact) mass is 374 g/mol. The Morgan fingerprint density at radius 1 is 1.15 bits per heavy atom. The summed E-state index contributed by atoms with van der Waals surface area (Å²) in [4.78, 5) is 27.0. The van der Waals surface area contributed by atoms with Crippen LogP contribution in [-0.4, -0.2) is 47.4 Å². The van der Waals surface area contributed by atoms with E-state index in [9.17, 15) is 13.8 Å². The van der Waals surface area contributed by atoms with E-state index in [0.717, 1.165) is 0 Å². The van der Waals surface area contributed by atoms with Gasteiger partial charge in [-0.2, -0.15) is 0 Å². The standard InChI is InChI=1S/C19H22N2O4S/c1-4-21(19(23)14-8-10-17(11-9-14)26(3)24)13-18(22)20-15-6-5-7-16(12-15)25-2/h5-12H,4,13H2,1-3H3,(H,20,22). The fourth-order valence-corrected chi connectivity index (χ4v) is 2.89. The van der Waals surface area contributed by atoms with Gasteiger partial charge in [-0.25, -0.2) is 0 Å². The Hall–Kier alpha value is -2.67. The molecule has 2 amide bonds. The second-order valence-electron chi connectivity index (χ2n) is 5.58. The number of carbonyl (C=O) groups excluding carboxylic acids is 2. The molecule has 2 aromatic carbocycles. The Morgan fingerprint density at radius 3 is 2.42 bits per heavy atom. The molecule has 0 saturated heterocycles. The van der Waals surface area contributed by atoms with Crippen LogP contribution in [0, 0.1) is 0 Å². The Balaban J connectivity index is 2.03. The number of carbonyl (C=O) groups is 2. The van der Waals surface area contributed by atoms with Gasteiger partial charge in [0.1, 0.15) is 12.3 Å². The molecule has 0 aliphatic rings. The highest BCUT2D eigenvalue weighted by Gasteiger charge is 2.17. The highest BCUT2D eigenvalue weighted by molar-refractivity contribution is 7.84. The molecule has 0 fully saturated rings. The second kappa shape index (κ2) is 9.15. The van der Waals surface area contributed by atoms with Gasteiger partial charge in [-0.3, -0.25) is 13.8 Å². The summed E-state index contributed by atoms with van der Waals surface area (Å²) < 4.78 is 16.6. The van der Waals surface area contributed by atoms with Crippen molar-refractivity contribution in [1.29, 1.82) is 0 Å². The van der Waals surface area contributed by atoms with Crippen LogP contribution in [0.3, 0.4) is 0 Å². The van der Waals surface area contributed by atoms with Crippen LogP contribution in [0.5, 0.6) is 5.75 Å². The molecule has 0 radical (unpaired) electrons. The van der Waals surface area contributed by atoms with E-state index in [4.69, 9.17) is 4.74 Å². The van der Waals surface area contributed by atoms with Crippen molar-refractivity contribution < 1.29 is 18.5 Å². The van der Waals surface area contributed by atoms with Crippen molar-refractivity contribution in [3.8, 4) is 5.75 Å². The third-order valence-corrected chi connectivity index (χ3v) is 4.73. The molecule has 2 aromatic rings. The molecule has 1 atom stereocenters. The lowest BCUT2D eigenvalue weighted by Crippen LogP contribution is -2.37. The van der Waals surface area contributed by atoms with Crippen molar-refractivity contribution in [2.45, 2.75) is 11.8 Å². The van der Waals surface area contributed by atoms with Gasteiger partial charge in [0.25, 0.3) is 5.91 Å². The molecule has 1 unspecified atom stereocenters. The van der Waals surface area contributed by atoms with Crippen molar-refractivity contribution in [3.63, 3.8) is 0 Å². The van der Waals surface area contributed by atoms with Gasteiger partial charge in [0.2, 0.25) is 5.91 Å². The molecule has 0 saturated carbocycles. The third kappa shape index (κ3) is 5.16. The van der Waals surface area contributed by atoms with Crippen LogP contribution in [0.2, 0.25) is 0 Å². The van der Waals surface area contributed by atoms with E-state index >= 15 is 0 Å². The van der Waals surface area contributed by atoms with Gasteiger partial charge in [0, 0.05) is 45.8 Å². The molecule has 1 N–H and O–H groups in total. The molecule has 0 aliphatic heterocycles. The first-order valence-electron chi connectivity index (χ1n) is 8.11. The molecule has 0 spiro atoms. The number of rotatable bonds is 7. The number of methoxy groups -OCH3 is 1. The number of benzene rings is 2. The first-order chi connectivity index (χ1) is 12.4. The molecular formula is C19H22N2O4S. The zero-order valence-electron chi connectivity index (χ0n) is 15.0. The average Bonchev–Trinajstić information content (AvgIpc) is 2.65. The first-order valence-corrected chi connectivity index (χ1v) is 9.67. The van der Waals surface area contributed by atoms with E-state index in [0.29, 0.717) is 28.4 Å². The van der Waals surface area contributed by atoms with E-state index in [1.54, 1.807) is 61.9 Å². The van der Waals surface area contributed by atoms with Crippen molar-refractivity contribution in [1.82, 2.24) is 4.90 Å². The Morgan fingerprint density at radius 2 is 1.85 bits per heavy atom. The maximum Gasteiger partial charge on any atom is 0.254 e. The predicted molar refractivity (Wildman–Crippen MR) is 102 cm³/mol. The molecule has 0 heterocycles. The van der Waals surface area contributed by atoms with Crippen molar-refractivity contribution in [2.75, 3.05) is 31.8 Å². The van der Waals surface area contributed by atoms with Crippen LogP contribution in [0.25, 0.3) is 0 Å². The van der Waals surface area contributed by atoms with Crippen molar-refractivity contribution in [3.05, 3.63) is 54.1 Å². The summed E-state index contributed by atoms with van der Waals surface area (Å²) in [5.41, 5.74) is 1.06. The molecule has 2 rings (SSSR count). The molecule has 0 aromatic heterocycles. The number of likely N-dealkylation sites (N-methyl/N-ethyl adjacent to an activating group) is 1. The van der Waals surface area contributed by atoms with Crippen molar-refractivity contribution in [2.24, 2.45) is 0 Å². The summed E-state index contributed by atoms with van der Waals surface area (Å²) in [6, 6.07) is 13.6. The van der Waals surface area contributed by atoms with E-state index in [2.05, 4.69) is 5.32 Å². The van der Waals surface area contributed by atoms with Crippen LogP contribution in [0.15, 0.2) is 53.4 Å². The fourth-order valence-electron chi connectivity index (χ4n) is 2.37. The van der Waals surface area contributed by atoms with E-state index in [-0.39, 0.29) is 18.4 Å². The van der Waals surface area contributed by atoms with Gasteiger partial charge < -0.3 is 15.0 Å². The number of hydrogen-bond acceptors (Lipinski definition) is 4. The number of nitrogens with one attached hydrogen (secondary N) is 1.